The second-order valence-electron chi connectivity index (χ2n) is 16.2. The van der Waals surface area contributed by atoms with Gasteiger partial charge in [-0.1, -0.05) is 127 Å². The van der Waals surface area contributed by atoms with Crippen LogP contribution in [0.15, 0.2) is 60.9 Å². The van der Waals surface area contributed by atoms with Crippen LogP contribution in [0.5, 0.6) is 0 Å². The first kappa shape index (κ1) is 52.0. The van der Waals surface area contributed by atoms with Crippen LogP contribution in [0.25, 0.3) is 0 Å². The minimum atomic E-state index is -4.29. The predicted octanol–water partition coefficient (Wildman–Crippen LogP) is 12.3. The Kier molecular flexibility index (Phi) is 32.5. The number of allylic oxidation sites excluding steroid dienone is 8. The van der Waals surface area contributed by atoms with E-state index >= 15 is 0 Å². The molecule has 0 spiro atoms. The topological polar surface area (TPSA) is 104 Å². The molecule has 3 unspecified atom stereocenters. The molecule has 0 aromatic carbocycles. The highest BCUT2D eigenvalue weighted by atomic mass is 31.2. The van der Waals surface area contributed by atoms with Crippen molar-refractivity contribution in [3.8, 4) is 0 Å². The van der Waals surface area contributed by atoms with Crippen LogP contribution in [0.3, 0.4) is 0 Å². The lowest BCUT2D eigenvalue weighted by Crippen LogP contribution is -2.37. The number of phosphoric acid groups is 1. The lowest BCUT2D eigenvalue weighted by Gasteiger charge is -2.24. The van der Waals surface area contributed by atoms with Crippen LogP contribution < -0.4 is 0 Å². The number of carbonyl (C=O) groups is 1. The van der Waals surface area contributed by atoms with Crippen LogP contribution in [-0.2, 0) is 32.6 Å². The van der Waals surface area contributed by atoms with Crippen LogP contribution in [0.1, 0.15) is 162 Å². The first-order valence-corrected chi connectivity index (χ1v) is 23.7. The number of quaternary nitrogens is 1. The van der Waals surface area contributed by atoms with Gasteiger partial charge in [0.05, 0.1) is 46.2 Å². The van der Waals surface area contributed by atoms with Crippen LogP contribution in [0.2, 0.25) is 0 Å². The molecule has 0 bridgehead atoms. The number of hydrogen-bond donors (Lipinski definition) is 1. The predicted molar refractivity (Wildman–Crippen MR) is 232 cm³/mol. The van der Waals surface area contributed by atoms with Crippen molar-refractivity contribution >= 4 is 13.8 Å². The molecule has 56 heavy (non-hydrogen) atoms. The molecule has 0 saturated carbocycles. The summed E-state index contributed by atoms with van der Waals surface area (Å²) in [5, 5.41) is 0. The molecule has 1 aliphatic rings. The van der Waals surface area contributed by atoms with Gasteiger partial charge in [0.25, 0.3) is 0 Å². The van der Waals surface area contributed by atoms with Gasteiger partial charge in [-0.15, -0.1) is 0 Å². The first-order valence-electron chi connectivity index (χ1n) is 22.2. The van der Waals surface area contributed by atoms with E-state index in [-0.39, 0.29) is 32.2 Å². The number of ether oxygens (including phenoxy) is 3. The molecule has 1 heterocycles. The lowest BCUT2D eigenvalue weighted by molar-refractivity contribution is -0.870. The Morgan fingerprint density at radius 3 is 1.89 bits per heavy atom. The van der Waals surface area contributed by atoms with Gasteiger partial charge in [0, 0.05) is 6.42 Å². The summed E-state index contributed by atoms with van der Waals surface area (Å²) in [7, 11) is 1.62. The zero-order chi connectivity index (χ0) is 41.0. The number of rotatable bonds is 39. The lowest BCUT2D eigenvalue weighted by atomic mass is 10.1. The van der Waals surface area contributed by atoms with Gasteiger partial charge >= 0.3 is 13.8 Å². The highest BCUT2D eigenvalue weighted by Gasteiger charge is 2.36. The van der Waals surface area contributed by atoms with Crippen LogP contribution in [0, 0.1) is 0 Å². The van der Waals surface area contributed by atoms with Crippen molar-refractivity contribution in [3.05, 3.63) is 60.9 Å². The zero-order valence-electron chi connectivity index (χ0n) is 36.3. The second-order valence-corrected chi connectivity index (χ2v) is 17.6. The maximum absolute atomic E-state index is 12.5. The number of likely N-dealkylation sites (N-methyl/N-ethyl adjacent to an activating group) is 1. The fourth-order valence-corrected chi connectivity index (χ4v) is 6.65. The average Bonchev–Trinajstić information content (AvgIpc) is 3.91. The van der Waals surface area contributed by atoms with Gasteiger partial charge in [0.1, 0.15) is 19.8 Å². The third-order valence-corrected chi connectivity index (χ3v) is 10.5. The molecule has 1 N–H and O–H groups in total. The third kappa shape index (κ3) is 35.2. The summed E-state index contributed by atoms with van der Waals surface area (Å²) in [5.41, 5.74) is 0. The summed E-state index contributed by atoms with van der Waals surface area (Å²) in [6, 6.07) is 0. The largest absolute Gasteiger partial charge is 0.492 e. The smallest absolute Gasteiger partial charge is 0.472 e. The maximum atomic E-state index is 12.5. The Hall–Kier alpha value is -2.00. The Morgan fingerprint density at radius 2 is 1.23 bits per heavy atom. The average molecular weight is 809 g/mol. The highest BCUT2D eigenvalue weighted by molar-refractivity contribution is 7.47. The maximum Gasteiger partial charge on any atom is 0.472 e. The van der Waals surface area contributed by atoms with E-state index in [0.29, 0.717) is 29.7 Å². The molecule has 9 nitrogen and oxygen atoms in total. The normalized spacial score (nSPS) is 17.9. The molecule has 324 valence electrons. The monoisotopic (exact) mass is 809 g/mol. The Labute approximate surface area is 343 Å². The molecule has 10 heteroatoms. The van der Waals surface area contributed by atoms with E-state index in [0.717, 1.165) is 51.4 Å². The fourth-order valence-electron chi connectivity index (χ4n) is 5.91. The van der Waals surface area contributed by atoms with Gasteiger partial charge in [0.2, 0.25) is 0 Å². The number of esters is 1. The summed E-state index contributed by atoms with van der Waals surface area (Å²) in [6.45, 7) is 4.78. The summed E-state index contributed by atoms with van der Waals surface area (Å²) in [5.74, 6) is -0.338. The van der Waals surface area contributed by atoms with Crippen molar-refractivity contribution in [1.29, 1.82) is 0 Å². The Morgan fingerprint density at radius 1 is 0.679 bits per heavy atom. The molecule has 1 fully saturated rings. The van der Waals surface area contributed by atoms with Crippen LogP contribution in [0.4, 0.5) is 0 Å². The van der Waals surface area contributed by atoms with Gasteiger partial charge in [0.15, 0.2) is 6.10 Å². The van der Waals surface area contributed by atoms with Crippen molar-refractivity contribution in [2.24, 2.45) is 0 Å². The van der Waals surface area contributed by atoms with Gasteiger partial charge in [-0.3, -0.25) is 13.8 Å². The minimum absolute atomic E-state index is 0.0749. The fraction of sp³-hybridized carbons (Fsp3) is 0.761. The van der Waals surface area contributed by atoms with Crippen molar-refractivity contribution in [3.63, 3.8) is 0 Å². The molecule has 1 aliphatic heterocycles. The number of unbranched alkanes of at least 4 members (excludes halogenated alkanes) is 14. The number of nitrogens with zero attached hydrogens (tertiary/aromatic N) is 1. The standard InChI is InChI=1S/C46H82NO8P/c1-6-8-10-11-12-13-14-15-16-17-18-21-24-27-30-34-39-51-43(42-54-56(49,50)53-40-38-47(3,4)5)41-52-46(48)37-33-29-26-23-20-19-22-25-28-32-36-45-44(55-45)35-31-9-7-2/h15-16,19,22-23,26,28,32,34,39,43-45H,6-14,17-18,20-21,24-25,27,29-31,33,35-38,40-42H2,1-5H3/p+1/b16-15-,22-19-,26-23-,32-28-,39-34+/t43-,44?,45?/m1/s1. The molecule has 0 radical (unpaired) electrons. The summed E-state index contributed by atoms with van der Waals surface area (Å²) < 4.78 is 40.4. The quantitative estimate of drug-likeness (QED) is 0.0125. The molecule has 0 amide bonds. The number of hydrogen-bond acceptors (Lipinski definition) is 7. The Balaban J connectivity index is 2.29. The first-order chi connectivity index (χ1) is 27.1. The molecule has 1 rings (SSSR count). The van der Waals surface area contributed by atoms with E-state index < -0.39 is 13.9 Å². The van der Waals surface area contributed by atoms with Gasteiger partial charge in [-0.25, -0.2) is 4.57 Å². The third-order valence-electron chi connectivity index (χ3n) is 9.56. The molecule has 0 aromatic rings. The summed E-state index contributed by atoms with van der Waals surface area (Å²) in [4.78, 5) is 22.7. The minimum Gasteiger partial charge on any atom is -0.492 e. The Bertz CT molecular complexity index is 1140. The van der Waals surface area contributed by atoms with E-state index in [1.807, 2.05) is 27.2 Å². The van der Waals surface area contributed by atoms with Gasteiger partial charge in [-0.05, 0) is 83.1 Å². The SMILES string of the molecule is CCCCCCCC/C=C\CCCCCC/C=C/O[C@H](COC(=O)CCC/C=C\C/C=C\C/C=C\CC1OC1CCCCC)COP(=O)(O)OCC[N+](C)(C)C. The van der Waals surface area contributed by atoms with Crippen molar-refractivity contribution < 1.29 is 42.0 Å². The van der Waals surface area contributed by atoms with Crippen molar-refractivity contribution in [2.45, 2.75) is 180 Å². The number of epoxide rings is 1. The van der Waals surface area contributed by atoms with Crippen LogP contribution in [-0.4, -0.2) is 81.2 Å². The van der Waals surface area contributed by atoms with E-state index in [1.54, 1.807) is 6.26 Å². The van der Waals surface area contributed by atoms with E-state index in [9.17, 15) is 14.3 Å². The van der Waals surface area contributed by atoms with Crippen LogP contribution >= 0.6 is 7.82 Å². The molecule has 4 atom stereocenters. The van der Waals surface area contributed by atoms with E-state index in [4.69, 9.17) is 23.3 Å². The van der Waals surface area contributed by atoms with Gasteiger partial charge in [-0.2, -0.15) is 0 Å². The zero-order valence-corrected chi connectivity index (χ0v) is 37.2. The second kappa shape index (κ2) is 35.0. The highest BCUT2D eigenvalue weighted by Crippen LogP contribution is 2.43. The summed E-state index contributed by atoms with van der Waals surface area (Å²) in [6.07, 6.45) is 46.8. The molecular formula is C46H83NO8P+. The van der Waals surface area contributed by atoms with E-state index in [1.165, 1.54) is 83.5 Å². The number of carbonyl (C=O) groups excluding carboxylic acids is 1. The summed E-state index contributed by atoms with van der Waals surface area (Å²) >= 11 is 0. The van der Waals surface area contributed by atoms with Crippen molar-refractivity contribution in [1.82, 2.24) is 0 Å². The molecule has 0 aliphatic carbocycles. The number of phosphoric ester groups is 1. The molecule has 1 saturated heterocycles. The molecule has 0 aromatic heterocycles. The van der Waals surface area contributed by atoms with Crippen molar-refractivity contribution in [2.75, 3.05) is 47.5 Å². The van der Waals surface area contributed by atoms with Gasteiger partial charge < -0.3 is 23.6 Å². The molecular weight excluding hydrogens is 725 g/mol. The van der Waals surface area contributed by atoms with E-state index in [2.05, 4.69) is 62.5 Å².